The van der Waals surface area contributed by atoms with Gasteiger partial charge < -0.3 is 11.1 Å². The standard InChI is InChI=1S/C18H23N3O3S.ClH/c1-13-9-10-15(12-17(13)25(23,24)21(2)3)20-18(22)16(19)11-14-7-5-4-6-8-14;/h4-10,12,16H,11,19H2,1-3H3,(H,20,22);1H. The summed E-state index contributed by atoms with van der Waals surface area (Å²) in [5.74, 6) is -0.360. The minimum atomic E-state index is -3.58. The lowest BCUT2D eigenvalue weighted by Gasteiger charge is -2.16. The lowest BCUT2D eigenvalue weighted by atomic mass is 10.1. The highest BCUT2D eigenvalue weighted by Crippen LogP contribution is 2.22. The molecule has 0 saturated carbocycles. The number of rotatable bonds is 6. The molecule has 0 aliphatic heterocycles. The van der Waals surface area contributed by atoms with Crippen LogP contribution in [0.25, 0.3) is 0 Å². The highest BCUT2D eigenvalue weighted by Gasteiger charge is 2.21. The second-order valence-electron chi connectivity index (χ2n) is 6.05. The molecule has 0 aliphatic rings. The number of amides is 1. The van der Waals surface area contributed by atoms with Crippen molar-refractivity contribution in [2.75, 3.05) is 19.4 Å². The maximum Gasteiger partial charge on any atom is 0.242 e. The molecule has 0 aromatic heterocycles. The SMILES string of the molecule is Cc1ccc(NC(=O)C(N)Cc2ccccc2)cc1S(=O)(=O)N(C)C.Cl. The van der Waals surface area contributed by atoms with Gasteiger partial charge >= 0.3 is 0 Å². The number of sulfonamides is 1. The number of anilines is 1. The molecule has 142 valence electrons. The number of benzene rings is 2. The van der Waals surface area contributed by atoms with E-state index in [-0.39, 0.29) is 23.2 Å². The van der Waals surface area contributed by atoms with Gasteiger partial charge in [-0.2, -0.15) is 0 Å². The largest absolute Gasteiger partial charge is 0.325 e. The predicted octanol–water partition coefficient (Wildman–Crippen LogP) is 2.18. The zero-order valence-electron chi connectivity index (χ0n) is 15.0. The van der Waals surface area contributed by atoms with Crippen LogP contribution in [0.2, 0.25) is 0 Å². The van der Waals surface area contributed by atoms with Crippen molar-refractivity contribution in [2.45, 2.75) is 24.3 Å². The van der Waals surface area contributed by atoms with E-state index in [4.69, 9.17) is 5.73 Å². The molecule has 2 aromatic rings. The Hall–Kier alpha value is -1.93. The summed E-state index contributed by atoms with van der Waals surface area (Å²) in [6, 6.07) is 13.5. The van der Waals surface area contributed by atoms with Crippen molar-refractivity contribution in [2.24, 2.45) is 5.73 Å². The molecule has 8 heteroatoms. The molecule has 0 aliphatic carbocycles. The second kappa shape index (κ2) is 9.14. The van der Waals surface area contributed by atoms with E-state index in [2.05, 4.69) is 5.32 Å². The van der Waals surface area contributed by atoms with Gasteiger partial charge in [0.15, 0.2) is 0 Å². The Balaban J connectivity index is 0.00000338. The zero-order chi connectivity index (χ0) is 18.6. The lowest BCUT2D eigenvalue weighted by Crippen LogP contribution is -2.37. The Kier molecular flexibility index (Phi) is 7.77. The molecule has 0 saturated heterocycles. The number of carbonyl (C=O) groups excluding carboxylic acids is 1. The summed E-state index contributed by atoms with van der Waals surface area (Å²) < 4.78 is 25.8. The number of nitrogens with one attached hydrogen (secondary N) is 1. The summed E-state index contributed by atoms with van der Waals surface area (Å²) in [4.78, 5) is 12.5. The maximum atomic E-state index is 12.4. The first kappa shape index (κ1) is 22.1. The summed E-state index contributed by atoms with van der Waals surface area (Å²) >= 11 is 0. The molecule has 3 N–H and O–H groups in total. The molecule has 0 spiro atoms. The molecule has 0 fully saturated rings. The summed E-state index contributed by atoms with van der Waals surface area (Å²) in [5.41, 5.74) is 7.94. The molecule has 0 radical (unpaired) electrons. The van der Waals surface area contributed by atoms with Crippen LogP contribution in [0, 0.1) is 6.92 Å². The second-order valence-corrected chi connectivity index (χ2v) is 8.17. The average molecular weight is 398 g/mol. The van der Waals surface area contributed by atoms with Gasteiger partial charge in [0.05, 0.1) is 10.9 Å². The van der Waals surface area contributed by atoms with E-state index < -0.39 is 16.1 Å². The number of aryl methyl sites for hydroxylation is 1. The van der Waals surface area contributed by atoms with Crippen LogP contribution in [0.3, 0.4) is 0 Å². The van der Waals surface area contributed by atoms with Gasteiger partial charge in [-0.15, -0.1) is 12.4 Å². The van der Waals surface area contributed by atoms with E-state index in [1.807, 2.05) is 30.3 Å². The van der Waals surface area contributed by atoms with Gasteiger partial charge in [-0.25, -0.2) is 12.7 Å². The van der Waals surface area contributed by atoms with Gasteiger partial charge in [-0.05, 0) is 36.6 Å². The minimum Gasteiger partial charge on any atom is -0.325 e. The summed E-state index contributed by atoms with van der Waals surface area (Å²) in [5, 5.41) is 2.69. The molecule has 0 bridgehead atoms. The Morgan fingerprint density at radius 2 is 1.77 bits per heavy atom. The van der Waals surface area contributed by atoms with Crippen molar-refractivity contribution in [3.63, 3.8) is 0 Å². The smallest absolute Gasteiger partial charge is 0.242 e. The third-order valence-electron chi connectivity index (χ3n) is 3.85. The van der Waals surface area contributed by atoms with E-state index in [1.165, 1.54) is 20.2 Å². The zero-order valence-corrected chi connectivity index (χ0v) is 16.6. The minimum absolute atomic E-state index is 0. The number of halogens is 1. The van der Waals surface area contributed by atoms with Crippen molar-refractivity contribution in [3.05, 3.63) is 59.7 Å². The van der Waals surface area contributed by atoms with Crippen LogP contribution in [-0.2, 0) is 21.2 Å². The predicted molar refractivity (Wildman–Crippen MR) is 106 cm³/mol. The molecule has 1 unspecified atom stereocenters. The fraction of sp³-hybridized carbons (Fsp3) is 0.278. The molecular weight excluding hydrogens is 374 g/mol. The van der Waals surface area contributed by atoms with E-state index >= 15 is 0 Å². The molecule has 2 aromatic carbocycles. The van der Waals surface area contributed by atoms with E-state index in [9.17, 15) is 13.2 Å². The fourth-order valence-corrected chi connectivity index (χ4v) is 3.49. The monoisotopic (exact) mass is 397 g/mol. The van der Waals surface area contributed by atoms with Crippen molar-refractivity contribution in [1.29, 1.82) is 0 Å². The molecule has 1 amide bonds. The molecule has 26 heavy (non-hydrogen) atoms. The van der Waals surface area contributed by atoms with Gasteiger partial charge in [-0.3, -0.25) is 4.79 Å². The maximum absolute atomic E-state index is 12.4. The van der Waals surface area contributed by atoms with Gasteiger partial charge in [-0.1, -0.05) is 36.4 Å². The number of nitrogens with zero attached hydrogens (tertiary/aromatic N) is 1. The van der Waals surface area contributed by atoms with Crippen LogP contribution < -0.4 is 11.1 Å². The third-order valence-corrected chi connectivity index (χ3v) is 5.81. The molecule has 1 atom stereocenters. The average Bonchev–Trinajstić information content (AvgIpc) is 2.57. The first-order valence-electron chi connectivity index (χ1n) is 7.85. The summed E-state index contributed by atoms with van der Waals surface area (Å²) in [6.07, 6.45) is 0.404. The van der Waals surface area contributed by atoms with E-state index in [1.54, 1.807) is 19.1 Å². The number of hydrogen-bond acceptors (Lipinski definition) is 4. The van der Waals surface area contributed by atoms with E-state index in [0.717, 1.165) is 9.87 Å². The van der Waals surface area contributed by atoms with Crippen LogP contribution >= 0.6 is 12.4 Å². The highest BCUT2D eigenvalue weighted by molar-refractivity contribution is 7.89. The number of hydrogen-bond donors (Lipinski definition) is 2. The number of nitrogens with two attached hydrogens (primary N) is 1. The van der Waals surface area contributed by atoms with Crippen LogP contribution in [0.1, 0.15) is 11.1 Å². The first-order chi connectivity index (χ1) is 11.7. The van der Waals surface area contributed by atoms with Crippen LogP contribution in [-0.4, -0.2) is 38.8 Å². The lowest BCUT2D eigenvalue weighted by molar-refractivity contribution is -0.117. The molecule has 2 rings (SSSR count). The molecule has 0 heterocycles. The summed E-state index contributed by atoms with van der Waals surface area (Å²) in [7, 11) is -0.648. The van der Waals surface area contributed by atoms with Gasteiger partial charge in [0.2, 0.25) is 15.9 Å². The van der Waals surface area contributed by atoms with Crippen molar-refractivity contribution in [1.82, 2.24) is 4.31 Å². The fourth-order valence-electron chi connectivity index (χ4n) is 2.35. The topological polar surface area (TPSA) is 92.5 Å². The third kappa shape index (κ3) is 5.28. The van der Waals surface area contributed by atoms with Gasteiger partial charge in [0, 0.05) is 19.8 Å². The van der Waals surface area contributed by atoms with Crippen molar-refractivity contribution >= 4 is 34.0 Å². The Morgan fingerprint density at radius 3 is 2.35 bits per heavy atom. The van der Waals surface area contributed by atoms with E-state index in [0.29, 0.717) is 17.7 Å². The highest BCUT2D eigenvalue weighted by atomic mass is 35.5. The molecule has 6 nitrogen and oxygen atoms in total. The molecular formula is C18H24ClN3O3S. The van der Waals surface area contributed by atoms with Crippen LogP contribution in [0.5, 0.6) is 0 Å². The van der Waals surface area contributed by atoms with Gasteiger partial charge in [0.1, 0.15) is 0 Å². The van der Waals surface area contributed by atoms with Crippen LogP contribution in [0.15, 0.2) is 53.4 Å². The Bertz CT molecular complexity index is 855. The number of carbonyl (C=O) groups is 1. The Labute approximate surface area is 160 Å². The first-order valence-corrected chi connectivity index (χ1v) is 9.29. The normalized spacial score (nSPS) is 12.3. The Morgan fingerprint density at radius 1 is 1.15 bits per heavy atom. The van der Waals surface area contributed by atoms with Crippen LogP contribution in [0.4, 0.5) is 5.69 Å². The van der Waals surface area contributed by atoms with Crippen molar-refractivity contribution < 1.29 is 13.2 Å². The van der Waals surface area contributed by atoms with Crippen molar-refractivity contribution in [3.8, 4) is 0 Å². The quantitative estimate of drug-likeness (QED) is 0.781. The van der Waals surface area contributed by atoms with Gasteiger partial charge in [0.25, 0.3) is 0 Å². The summed E-state index contributed by atoms with van der Waals surface area (Å²) in [6.45, 7) is 1.71.